The lowest BCUT2D eigenvalue weighted by Gasteiger charge is -2.02. The maximum absolute atomic E-state index is 4.31. The zero-order chi connectivity index (χ0) is 18.5. The molecular formula is C18H32N6S2. The van der Waals surface area contributed by atoms with Crippen molar-refractivity contribution < 1.29 is 0 Å². The third-order valence-electron chi connectivity index (χ3n) is 4.15. The average Bonchev–Trinajstić information content (AvgIpc) is 3.23. The average molecular weight is 397 g/mol. The van der Waals surface area contributed by atoms with Gasteiger partial charge >= 0.3 is 0 Å². The molecule has 2 N–H and O–H groups in total. The molecule has 0 aliphatic rings. The van der Waals surface area contributed by atoms with E-state index in [9.17, 15) is 0 Å². The van der Waals surface area contributed by atoms with Gasteiger partial charge in [0.2, 0.25) is 10.3 Å². The first-order valence-corrected chi connectivity index (χ1v) is 11.7. The van der Waals surface area contributed by atoms with Gasteiger partial charge in [0.05, 0.1) is 0 Å². The Labute approximate surface area is 165 Å². The van der Waals surface area contributed by atoms with Crippen LogP contribution in [0.15, 0.2) is 10.3 Å². The van der Waals surface area contributed by atoms with E-state index >= 15 is 0 Å². The van der Waals surface area contributed by atoms with Gasteiger partial charge in [-0.05, 0) is 26.7 Å². The van der Waals surface area contributed by atoms with Crippen LogP contribution in [0.4, 0.5) is 0 Å². The van der Waals surface area contributed by atoms with E-state index in [2.05, 4.69) is 30.4 Å². The highest BCUT2D eigenvalue weighted by Crippen LogP contribution is 2.17. The summed E-state index contributed by atoms with van der Waals surface area (Å²) in [4.78, 5) is 8.62. The van der Waals surface area contributed by atoms with Crippen LogP contribution in [0.25, 0.3) is 0 Å². The molecule has 0 bridgehead atoms. The van der Waals surface area contributed by atoms with Gasteiger partial charge in [-0.2, -0.15) is 0 Å². The maximum atomic E-state index is 4.31. The smallest absolute Gasteiger partial charge is 0.208 e. The lowest BCUT2D eigenvalue weighted by atomic mass is 10.1. The van der Waals surface area contributed by atoms with Crippen LogP contribution in [0.1, 0.15) is 75.9 Å². The van der Waals surface area contributed by atoms with Crippen LogP contribution < -0.4 is 0 Å². The topological polar surface area (TPSA) is 83.1 Å². The summed E-state index contributed by atoms with van der Waals surface area (Å²) in [7, 11) is 0. The number of unbranched alkanes of at least 4 members (excludes halogenated alkanes) is 9. The summed E-state index contributed by atoms with van der Waals surface area (Å²) in [5.74, 6) is 4.05. The van der Waals surface area contributed by atoms with Gasteiger partial charge in [-0.15, -0.1) is 10.2 Å². The highest BCUT2D eigenvalue weighted by Gasteiger charge is 2.01. The first kappa shape index (κ1) is 21.3. The van der Waals surface area contributed by atoms with Crippen molar-refractivity contribution in [3.63, 3.8) is 0 Å². The molecule has 0 aliphatic heterocycles. The van der Waals surface area contributed by atoms with Gasteiger partial charge in [-0.25, -0.2) is 9.97 Å². The lowest BCUT2D eigenvalue weighted by molar-refractivity contribution is 0.564. The molecule has 0 radical (unpaired) electrons. The molecule has 2 aromatic heterocycles. The minimum atomic E-state index is 0.886. The molecule has 0 saturated carbocycles. The maximum Gasteiger partial charge on any atom is 0.208 e. The van der Waals surface area contributed by atoms with Gasteiger partial charge in [0.15, 0.2) is 0 Å². The number of H-pyrrole nitrogens is 2. The molecule has 6 nitrogen and oxygen atoms in total. The van der Waals surface area contributed by atoms with Gasteiger partial charge < -0.3 is 0 Å². The van der Waals surface area contributed by atoms with Crippen molar-refractivity contribution in [3.05, 3.63) is 11.6 Å². The standard InChI is InChI=1S/C18H32N6S2/c1-15-19-17(23-21-15)25-13-11-9-7-5-3-4-6-8-10-12-14-26-18-20-16(2)22-24-18/h3-14H2,1-2H3,(H,19,21,23)(H,20,22,24). The molecule has 0 amide bonds. The SMILES string of the molecule is Cc1nc(SCCCCCCCCCCCCSc2n[nH]c(C)n2)n[nH]1. The van der Waals surface area contributed by atoms with Crippen molar-refractivity contribution in [1.29, 1.82) is 0 Å². The number of hydrogen-bond donors (Lipinski definition) is 2. The fourth-order valence-electron chi connectivity index (χ4n) is 2.72. The number of rotatable bonds is 15. The predicted molar refractivity (Wildman–Crippen MR) is 110 cm³/mol. The summed E-state index contributed by atoms with van der Waals surface area (Å²) in [5, 5.41) is 15.8. The van der Waals surface area contributed by atoms with Gasteiger partial charge in [-0.3, -0.25) is 10.2 Å². The summed E-state index contributed by atoms with van der Waals surface area (Å²) < 4.78 is 0. The van der Waals surface area contributed by atoms with E-state index in [1.54, 1.807) is 23.5 Å². The van der Waals surface area contributed by atoms with Crippen LogP contribution in [0.3, 0.4) is 0 Å². The summed E-state index contributed by atoms with van der Waals surface area (Å²) in [6.07, 6.45) is 13.4. The van der Waals surface area contributed by atoms with Crippen molar-refractivity contribution in [2.45, 2.75) is 88.4 Å². The molecule has 2 aromatic rings. The van der Waals surface area contributed by atoms with Crippen LogP contribution in [0.2, 0.25) is 0 Å². The Morgan fingerprint density at radius 3 is 1.23 bits per heavy atom. The summed E-state index contributed by atoms with van der Waals surface area (Å²) in [5.41, 5.74) is 0. The Bertz CT molecular complexity index is 546. The van der Waals surface area contributed by atoms with E-state index in [1.165, 1.54) is 64.2 Å². The van der Waals surface area contributed by atoms with E-state index in [0.717, 1.165) is 33.5 Å². The van der Waals surface area contributed by atoms with Gasteiger partial charge in [0.25, 0.3) is 0 Å². The fourth-order valence-corrected chi connectivity index (χ4v) is 4.40. The molecule has 0 aliphatic carbocycles. The minimum Gasteiger partial charge on any atom is -0.262 e. The third-order valence-corrected chi connectivity index (χ3v) is 6.02. The summed E-state index contributed by atoms with van der Waals surface area (Å²) in [6, 6.07) is 0. The van der Waals surface area contributed by atoms with Gasteiger partial charge in [0.1, 0.15) is 11.6 Å². The van der Waals surface area contributed by atoms with Crippen molar-refractivity contribution in [2.75, 3.05) is 11.5 Å². The number of hydrogen-bond acceptors (Lipinski definition) is 6. The normalized spacial score (nSPS) is 11.3. The van der Waals surface area contributed by atoms with Crippen LogP contribution >= 0.6 is 23.5 Å². The van der Waals surface area contributed by atoms with Gasteiger partial charge in [0, 0.05) is 11.5 Å². The van der Waals surface area contributed by atoms with E-state index in [1.807, 2.05) is 13.8 Å². The Kier molecular flexibility index (Phi) is 10.8. The predicted octanol–water partition coefficient (Wildman–Crippen LogP) is 5.33. The lowest BCUT2D eigenvalue weighted by Crippen LogP contribution is -1.86. The first-order chi connectivity index (χ1) is 12.7. The molecule has 2 rings (SSSR count). The second-order valence-electron chi connectivity index (χ2n) is 6.64. The number of aromatic nitrogens is 6. The Hall–Kier alpha value is -1.02. The number of aryl methyl sites for hydroxylation is 2. The van der Waals surface area contributed by atoms with Crippen LogP contribution in [-0.4, -0.2) is 41.9 Å². The second kappa shape index (κ2) is 13.2. The van der Waals surface area contributed by atoms with Crippen LogP contribution in [0.5, 0.6) is 0 Å². The van der Waals surface area contributed by atoms with Crippen molar-refractivity contribution >= 4 is 23.5 Å². The number of nitrogens with zero attached hydrogens (tertiary/aromatic N) is 4. The van der Waals surface area contributed by atoms with Crippen molar-refractivity contribution in [1.82, 2.24) is 30.4 Å². The molecule has 26 heavy (non-hydrogen) atoms. The van der Waals surface area contributed by atoms with Crippen molar-refractivity contribution in [2.24, 2.45) is 0 Å². The Morgan fingerprint density at radius 1 is 0.577 bits per heavy atom. The highest BCUT2D eigenvalue weighted by atomic mass is 32.2. The van der Waals surface area contributed by atoms with Crippen LogP contribution in [0, 0.1) is 13.8 Å². The molecule has 0 atom stereocenters. The fraction of sp³-hybridized carbons (Fsp3) is 0.778. The zero-order valence-corrected chi connectivity index (χ0v) is 17.7. The van der Waals surface area contributed by atoms with Crippen molar-refractivity contribution in [3.8, 4) is 0 Å². The second-order valence-corrected chi connectivity index (χ2v) is 8.76. The molecule has 0 fully saturated rings. The Morgan fingerprint density at radius 2 is 0.923 bits per heavy atom. The number of aromatic amines is 2. The molecule has 146 valence electrons. The molecule has 0 saturated heterocycles. The number of nitrogens with one attached hydrogen (secondary N) is 2. The third kappa shape index (κ3) is 9.62. The molecule has 2 heterocycles. The van der Waals surface area contributed by atoms with Gasteiger partial charge in [-0.1, -0.05) is 74.9 Å². The quantitative estimate of drug-likeness (QED) is 0.313. The summed E-state index contributed by atoms with van der Waals surface area (Å²) >= 11 is 3.52. The Balaban J connectivity index is 1.28. The molecule has 0 spiro atoms. The first-order valence-electron chi connectivity index (χ1n) is 9.77. The molecule has 0 unspecified atom stereocenters. The monoisotopic (exact) mass is 396 g/mol. The molecule has 8 heteroatoms. The van der Waals surface area contributed by atoms with E-state index in [-0.39, 0.29) is 0 Å². The highest BCUT2D eigenvalue weighted by molar-refractivity contribution is 7.99. The van der Waals surface area contributed by atoms with Crippen LogP contribution in [-0.2, 0) is 0 Å². The molecular weight excluding hydrogens is 364 g/mol. The largest absolute Gasteiger partial charge is 0.262 e. The summed E-state index contributed by atoms with van der Waals surface area (Å²) in [6.45, 7) is 3.88. The van der Waals surface area contributed by atoms with E-state index in [4.69, 9.17) is 0 Å². The number of thioether (sulfide) groups is 2. The minimum absolute atomic E-state index is 0.886. The van der Waals surface area contributed by atoms with E-state index < -0.39 is 0 Å². The zero-order valence-electron chi connectivity index (χ0n) is 16.1. The van der Waals surface area contributed by atoms with E-state index in [0.29, 0.717) is 0 Å². The molecule has 0 aromatic carbocycles.